The van der Waals surface area contributed by atoms with Gasteiger partial charge in [-0.2, -0.15) is 0 Å². The minimum absolute atomic E-state index is 0.737. The Morgan fingerprint density at radius 1 is 1.09 bits per heavy atom. The van der Waals surface area contributed by atoms with E-state index in [9.17, 15) is 0 Å². The average molecular weight is 303 g/mol. The maximum absolute atomic E-state index is 2.60. The van der Waals surface area contributed by atoms with Gasteiger partial charge in [0.05, 0.1) is 0 Å². The molecule has 1 aromatic carbocycles. The summed E-state index contributed by atoms with van der Waals surface area (Å²) < 4.78 is 0. The van der Waals surface area contributed by atoms with E-state index in [2.05, 4.69) is 81.1 Å². The van der Waals surface area contributed by atoms with E-state index in [1.54, 1.807) is 0 Å². The predicted molar refractivity (Wildman–Crippen MR) is 98.1 cm³/mol. The molecule has 0 bridgehead atoms. The van der Waals surface area contributed by atoms with E-state index in [0.717, 1.165) is 25.6 Å². The number of rotatable bonds is 10. The van der Waals surface area contributed by atoms with Crippen LogP contribution in [-0.2, 0) is 6.54 Å². The molecule has 0 aliphatic heterocycles. The Labute approximate surface area is 137 Å². The summed E-state index contributed by atoms with van der Waals surface area (Å²) in [5.41, 5.74) is 2.85. The molecule has 0 radical (unpaired) electrons. The standard InChI is InChI=1S/C20H34N2/c1-18(2)10-9-11-19(3)16-22(15-14-21(4)5)17-20-12-7-6-8-13-20/h6-8,10,12-13,19H,9,11,14-17H2,1-5H3/t19-/m0/s1. The zero-order valence-corrected chi connectivity index (χ0v) is 15.2. The van der Waals surface area contributed by atoms with Crippen LogP contribution in [0.15, 0.2) is 42.0 Å². The minimum atomic E-state index is 0.737. The van der Waals surface area contributed by atoms with Crippen LogP contribution in [0, 0.1) is 5.92 Å². The third-order valence-electron chi connectivity index (χ3n) is 3.89. The topological polar surface area (TPSA) is 6.48 Å². The van der Waals surface area contributed by atoms with E-state index in [4.69, 9.17) is 0 Å². The Hall–Kier alpha value is -1.12. The van der Waals surface area contributed by atoms with Crippen LogP contribution in [0.3, 0.4) is 0 Å². The van der Waals surface area contributed by atoms with E-state index in [1.807, 2.05) is 0 Å². The molecule has 1 aromatic rings. The molecule has 0 spiro atoms. The highest BCUT2D eigenvalue weighted by atomic mass is 15.2. The molecule has 0 N–H and O–H groups in total. The number of hydrogen-bond donors (Lipinski definition) is 0. The summed E-state index contributed by atoms with van der Waals surface area (Å²) in [4.78, 5) is 4.87. The van der Waals surface area contributed by atoms with Gasteiger partial charge in [-0.05, 0) is 52.3 Å². The van der Waals surface area contributed by atoms with Gasteiger partial charge in [-0.15, -0.1) is 0 Å². The summed E-state index contributed by atoms with van der Waals surface area (Å²) in [5, 5.41) is 0. The molecule has 1 atom stereocenters. The molecule has 0 heterocycles. The lowest BCUT2D eigenvalue weighted by Crippen LogP contribution is -2.34. The van der Waals surface area contributed by atoms with Crippen molar-refractivity contribution in [3.63, 3.8) is 0 Å². The van der Waals surface area contributed by atoms with Crippen molar-refractivity contribution in [2.75, 3.05) is 33.7 Å². The SMILES string of the molecule is CC(C)=CCC[C@H](C)CN(CCN(C)C)Cc1ccccc1. The molecule has 124 valence electrons. The first-order chi connectivity index (χ1) is 10.5. The fraction of sp³-hybridized carbons (Fsp3) is 0.600. The Balaban J connectivity index is 2.51. The molecule has 0 aliphatic carbocycles. The number of nitrogens with zero attached hydrogens (tertiary/aromatic N) is 2. The number of allylic oxidation sites excluding steroid dienone is 2. The Morgan fingerprint density at radius 2 is 1.77 bits per heavy atom. The van der Waals surface area contributed by atoms with E-state index >= 15 is 0 Å². The van der Waals surface area contributed by atoms with Crippen LogP contribution in [0.2, 0.25) is 0 Å². The van der Waals surface area contributed by atoms with Crippen molar-refractivity contribution in [3.05, 3.63) is 47.5 Å². The lowest BCUT2D eigenvalue weighted by Gasteiger charge is -2.27. The molecule has 1 rings (SSSR count). The van der Waals surface area contributed by atoms with Crippen LogP contribution < -0.4 is 0 Å². The van der Waals surface area contributed by atoms with E-state index < -0.39 is 0 Å². The van der Waals surface area contributed by atoms with Crippen LogP contribution in [-0.4, -0.2) is 43.5 Å². The van der Waals surface area contributed by atoms with Crippen molar-refractivity contribution in [2.24, 2.45) is 5.92 Å². The van der Waals surface area contributed by atoms with Crippen LogP contribution in [0.5, 0.6) is 0 Å². The van der Waals surface area contributed by atoms with Crippen LogP contribution >= 0.6 is 0 Å². The molecule has 22 heavy (non-hydrogen) atoms. The molecule has 0 aromatic heterocycles. The zero-order chi connectivity index (χ0) is 16.4. The third kappa shape index (κ3) is 9.01. The molecule has 0 fully saturated rings. The number of likely N-dealkylation sites (N-methyl/N-ethyl adjacent to an activating group) is 1. The zero-order valence-electron chi connectivity index (χ0n) is 15.2. The van der Waals surface area contributed by atoms with Gasteiger partial charge in [0.1, 0.15) is 0 Å². The summed E-state index contributed by atoms with van der Waals surface area (Å²) in [7, 11) is 4.30. The maximum atomic E-state index is 2.60. The number of benzene rings is 1. The van der Waals surface area contributed by atoms with Gasteiger partial charge in [0.25, 0.3) is 0 Å². The second-order valence-electron chi connectivity index (χ2n) is 6.99. The van der Waals surface area contributed by atoms with Gasteiger partial charge in [-0.3, -0.25) is 4.90 Å². The first-order valence-corrected chi connectivity index (χ1v) is 8.51. The highest BCUT2D eigenvalue weighted by Crippen LogP contribution is 2.12. The first kappa shape index (κ1) is 18.9. The van der Waals surface area contributed by atoms with Gasteiger partial charge in [0, 0.05) is 26.2 Å². The van der Waals surface area contributed by atoms with Crippen molar-refractivity contribution >= 4 is 0 Å². The lowest BCUT2D eigenvalue weighted by atomic mass is 10.0. The fourth-order valence-electron chi connectivity index (χ4n) is 2.61. The number of hydrogen-bond acceptors (Lipinski definition) is 2. The second kappa shape index (κ2) is 10.6. The fourth-order valence-corrected chi connectivity index (χ4v) is 2.61. The quantitative estimate of drug-likeness (QED) is 0.590. The Bertz CT molecular complexity index is 419. The van der Waals surface area contributed by atoms with Crippen LogP contribution in [0.25, 0.3) is 0 Å². The van der Waals surface area contributed by atoms with Crippen molar-refractivity contribution in [1.82, 2.24) is 9.80 Å². The Morgan fingerprint density at radius 3 is 2.36 bits per heavy atom. The smallest absolute Gasteiger partial charge is 0.0234 e. The molecule has 0 aliphatic rings. The highest BCUT2D eigenvalue weighted by molar-refractivity contribution is 5.14. The summed E-state index contributed by atoms with van der Waals surface area (Å²) in [6, 6.07) is 10.8. The maximum Gasteiger partial charge on any atom is 0.0234 e. The summed E-state index contributed by atoms with van der Waals surface area (Å²) in [6.45, 7) is 11.2. The van der Waals surface area contributed by atoms with Crippen LogP contribution in [0.1, 0.15) is 39.2 Å². The van der Waals surface area contributed by atoms with Crippen LogP contribution in [0.4, 0.5) is 0 Å². The molecule has 0 saturated carbocycles. The van der Waals surface area contributed by atoms with Gasteiger partial charge in [0.2, 0.25) is 0 Å². The largest absolute Gasteiger partial charge is 0.308 e. The van der Waals surface area contributed by atoms with Gasteiger partial charge < -0.3 is 4.90 Å². The third-order valence-corrected chi connectivity index (χ3v) is 3.89. The average Bonchev–Trinajstić information content (AvgIpc) is 2.45. The molecule has 0 unspecified atom stereocenters. The second-order valence-corrected chi connectivity index (χ2v) is 6.99. The molecule has 0 amide bonds. The predicted octanol–water partition coefficient (Wildman–Crippen LogP) is 4.43. The molecule has 0 saturated heterocycles. The molecular formula is C20H34N2. The lowest BCUT2D eigenvalue weighted by molar-refractivity contribution is 0.203. The van der Waals surface area contributed by atoms with Crippen molar-refractivity contribution < 1.29 is 0 Å². The highest BCUT2D eigenvalue weighted by Gasteiger charge is 2.11. The molecule has 2 heteroatoms. The van der Waals surface area contributed by atoms with Gasteiger partial charge in [0.15, 0.2) is 0 Å². The van der Waals surface area contributed by atoms with E-state index in [1.165, 1.54) is 30.5 Å². The molecule has 2 nitrogen and oxygen atoms in total. The molecular weight excluding hydrogens is 268 g/mol. The summed E-state index contributed by atoms with van der Waals surface area (Å²) in [6.07, 6.45) is 4.84. The van der Waals surface area contributed by atoms with Crippen molar-refractivity contribution in [2.45, 2.75) is 40.2 Å². The van der Waals surface area contributed by atoms with Gasteiger partial charge in [-0.25, -0.2) is 0 Å². The Kier molecular flexibility index (Phi) is 9.10. The van der Waals surface area contributed by atoms with Crippen molar-refractivity contribution in [3.8, 4) is 0 Å². The minimum Gasteiger partial charge on any atom is -0.308 e. The normalized spacial score (nSPS) is 12.7. The van der Waals surface area contributed by atoms with E-state index in [0.29, 0.717) is 0 Å². The van der Waals surface area contributed by atoms with Crippen molar-refractivity contribution in [1.29, 1.82) is 0 Å². The summed E-state index contributed by atoms with van der Waals surface area (Å²) >= 11 is 0. The van der Waals surface area contributed by atoms with E-state index in [-0.39, 0.29) is 0 Å². The monoisotopic (exact) mass is 302 g/mol. The first-order valence-electron chi connectivity index (χ1n) is 8.51. The summed E-state index contributed by atoms with van der Waals surface area (Å²) in [5.74, 6) is 0.737. The van der Waals surface area contributed by atoms with Gasteiger partial charge in [-0.1, -0.05) is 48.9 Å². The van der Waals surface area contributed by atoms with Gasteiger partial charge >= 0.3 is 0 Å².